The number of primary amides is 1. The van der Waals surface area contributed by atoms with Crippen LogP contribution in [0.25, 0.3) is 0 Å². The van der Waals surface area contributed by atoms with Gasteiger partial charge in [0.25, 0.3) is 0 Å². The van der Waals surface area contributed by atoms with Gasteiger partial charge in [-0.3, -0.25) is 4.79 Å². The number of hydrogen-bond acceptors (Lipinski definition) is 3. The molecular weight excluding hydrogens is 208 g/mol. The summed E-state index contributed by atoms with van der Waals surface area (Å²) in [5.74, 6) is -0.0164. The van der Waals surface area contributed by atoms with Crippen molar-refractivity contribution in [2.75, 3.05) is 20.1 Å². The first-order valence-electron chi connectivity index (χ1n) is 5.56. The Hall–Kier alpha value is -1.30. The number of amides is 3. The quantitative estimate of drug-likeness (QED) is 0.594. The first kappa shape index (κ1) is 12.8. The van der Waals surface area contributed by atoms with Gasteiger partial charge in [0, 0.05) is 26.2 Å². The van der Waals surface area contributed by atoms with E-state index in [-0.39, 0.29) is 24.0 Å². The minimum atomic E-state index is -0.363. The molecule has 1 aliphatic heterocycles. The highest BCUT2D eigenvalue weighted by molar-refractivity contribution is 5.80. The molecule has 1 fully saturated rings. The molecule has 1 atom stereocenters. The van der Waals surface area contributed by atoms with Gasteiger partial charge in [-0.05, 0) is 19.8 Å². The zero-order chi connectivity index (χ0) is 12.1. The standard InChI is InChI=1S/C10H20N4O2/c1-7(9(15)12-2)13-8-3-5-14(6-4-8)10(11)16/h7-8,13H,3-6H2,1-2H3,(H2,11,16)(H,12,15). The van der Waals surface area contributed by atoms with Gasteiger partial charge in [-0.15, -0.1) is 0 Å². The number of likely N-dealkylation sites (N-methyl/N-ethyl adjacent to an activating group) is 1. The number of hydrogen-bond donors (Lipinski definition) is 3. The number of likely N-dealkylation sites (tertiary alicyclic amines) is 1. The molecule has 1 unspecified atom stereocenters. The van der Waals surface area contributed by atoms with E-state index >= 15 is 0 Å². The predicted molar refractivity (Wildman–Crippen MR) is 60.8 cm³/mol. The van der Waals surface area contributed by atoms with Crippen molar-refractivity contribution in [3.05, 3.63) is 0 Å². The molecule has 6 nitrogen and oxygen atoms in total. The number of nitrogens with two attached hydrogens (primary N) is 1. The molecule has 1 aliphatic rings. The summed E-state index contributed by atoms with van der Waals surface area (Å²) in [5.41, 5.74) is 5.19. The lowest BCUT2D eigenvalue weighted by Gasteiger charge is -2.32. The fraction of sp³-hybridized carbons (Fsp3) is 0.800. The van der Waals surface area contributed by atoms with Gasteiger partial charge in [-0.1, -0.05) is 0 Å². The Morgan fingerprint density at radius 3 is 2.38 bits per heavy atom. The fourth-order valence-corrected chi connectivity index (χ4v) is 1.91. The largest absolute Gasteiger partial charge is 0.358 e. The van der Waals surface area contributed by atoms with Crippen LogP contribution in [-0.2, 0) is 4.79 Å². The van der Waals surface area contributed by atoms with E-state index in [1.165, 1.54) is 0 Å². The Balaban J connectivity index is 2.32. The van der Waals surface area contributed by atoms with Gasteiger partial charge in [0.15, 0.2) is 0 Å². The normalized spacial score (nSPS) is 19.2. The molecule has 92 valence electrons. The van der Waals surface area contributed by atoms with Crippen molar-refractivity contribution in [1.82, 2.24) is 15.5 Å². The molecule has 6 heteroatoms. The summed E-state index contributed by atoms with van der Waals surface area (Å²) in [4.78, 5) is 23.8. The van der Waals surface area contributed by atoms with Crippen LogP contribution in [0, 0.1) is 0 Å². The maximum Gasteiger partial charge on any atom is 0.314 e. The van der Waals surface area contributed by atoms with Crippen molar-refractivity contribution in [3.8, 4) is 0 Å². The smallest absolute Gasteiger partial charge is 0.314 e. The molecule has 1 rings (SSSR count). The van der Waals surface area contributed by atoms with Crippen LogP contribution >= 0.6 is 0 Å². The minimum absolute atomic E-state index is 0.0164. The van der Waals surface area contributed by atoms with E-state index in [2.05, 4.69) is 10.6 Å². The van der Waals surface area contributed by atoms with Crippen molar-refractivity contribution in [3.63, 3.8) is 0 Å². The number of carbonyl (C=O) groups excluding carboxylic acids is 2. The summed E-state index contributed by atoms with van der Waals surface area (Å²) < 4.78 is 0. The molecule has 1 heterocycles. The van der Waals surface area contributed by atoms with Crippen molar-refractivity contribution in [1.29, 1.82) is 0 Å². The Bertz CT molecular complexity index is 262. The van der Waals surface area contributed by atoms with Gasteiger partial charge >= 0.3 is 6.03 Å². The minimum Gasteiger partial charge on any atom is -0.358 e. The molecule has 16 heavy (non-hydrogen) atoms. The lowest BCUT2D eigenvalue weighted by atomic mass is 10.0. The van der Waals surface area contributed by atoms with Gasteiger partial charge in [0.1, 0.15) is 0 Å². The van der Waals surface area contributed by atoms with Gasteiger partial charge in [0.2, 0.25) is 5.91 Å². The number of nitrogens with one attached hydrogen (secondary N) is 2. The van der Waals surface area contributed by atoms with Gasteiger partial charge in [-0.2, -0.15) is 0 Å². The van der Waals surface area contributed by atoms with Crippen LogP contribution in [0.3, 0.4) is 0 Å². The van der Waals surface area contributed by atoms with Crippen LogP contribution in [0.4, 0.5) is 4.79 Å². The third kappa shape index (κ3) is 3.37. The monoisotopic (exact) mass is 228 g/mol. The lowest BCUT2D eigenvalue weighted by Crippen LogP contribution is -2.51. The zero-order valence-electron chi connectivity index (χ0n) is 9.82. The van der Waals surface area contributed by atoms with E-state index in [4.69, 9.17) is 5.73 Å². The third-order valence-corrected chi connectivity index (χ3v) is 2.93. The van der Waals surface area contributed by atoms with E-state index in [1.54, 1.807) is 11.9 Å². The van der Waals surface area contributed by atoms with Crippen LogP contribution < -0.4 is 16.4 Å². The zero-order valence-corrected chi connectivity index (χ0v) is 9.82. The predicted octanol–water partition coefficient (Wildman–Crippen LogP) is -0.746. The number of urea groups is 1. The van der Waals surface area contributed by atoms with Crippen molar-refractivity contribution < 1.29 is 9.59 Å². The summed E-state index contributed by atoms with van der Waals surface area (Å²) in [6, 6.07) is -0.282. The number of rotatable bonds is 3. The van der Waals surface area contributed by atoms with Gasteiger partial charge in [-0.25, -0.2) is 4.79 Å². The van der Waals surface area contributed by atoms with Crippen LogP contribution in [0.2, 0.25) is 0 Å². The highest BCUT2D eigenvalue weighted by atomic mass is 16.2. The molecule has 0 bridgehead atoms. The molecular formula is C10H20N4O2. The van der Waals surface area contributed by atoms with E-state index in [0.717, 1.165) is 12.8 Å². The first-order chi connectivity index (χ1) is 7.54. The van der Waals surface area contributed by atoms with Crippen LogP contribution in [-0.4, -0.2) is 49.1 Å². The molecule has 4 N–H and O–H groups in total. The Morgan fingerprint density at radius 2 is 1.94 bits per heavy atom. The number of nitrogens with zero attached hydrogens (tertiary/aromatic N) is 1. The van der Waals surface area contributed by atoms with E-state index in [0.29, 0.717) is 13.1 Å². The molecule has 0 aromatic carbocycles. The third-order valence-electron chi connectivity index (χ3n) is 2.93. The molecule has 0 aliphatic carbocycles. The first-order valence-corrected chi connectivity index (χ1v) is 5.56. The molecule has 1 saturated heterocycles. The summed E-state index contributed by atoms with van der Waals surface area (Å²) in [5, 5.41) is 5.83. The molecule has 0 aromatic rings. The van der Waals surface area contributed by atoms with Gasteiger partial charge < -0.3 is 21.3 Å². The molecule has 0 radical (unpaired) electrons. The number of carbonyl (C=O) groups is 2. The van der Waals surface area contributed by atoms with Crippen molar-refractivity contribution in [2.45, 2.75) is 31.8 Å². The maximum atomic E-state index is 11.3. The lowest BCUT2D eigenvalue weighted by molar-refractivity contribution is -0.122. The maximum absolute atomic E-state index is 11.3. The molecule has 0 aromatic heterocycles. The summed E-state index contributed by atoms with van der Waals surface area (Å²) in [6.07, 6.45) is 1.68. The summed E-state index contributed by atoms with van der Waals surface area (Å²) in [7, 11) is 1.62. The summed E-state index contributed by atoms with van der Waals surface area (Å²) >= 11 is 0. The SMILES string of the molecule is CNC(=O)C(C)NC1CCN(C(N)=O)CC1. The van der Waals surface area contributed by atoms with E-state index in [1.807, 2.05) is 6.92 Å². The fourth-order valence-electron chi connectivity index (χ4n) is 1.91. The second-order valence-corrected chi connectivity index (χ2v) is 4.10. The van der Waals surface area contributed by atoms with E-state index < -0.39 is 0 Å². The Kier molecular flexibility index (Phi) is 4.54. The number of piperidine rings is 1. The van der Waals surface area contributed by atoms with E-state index in [9.17, 15) is 9.59 Å². The highest BCUT2D eigenvalue weighted by Crippen LogP contribution is 2.10. The topological polar surface area (TPSA) is 87.5 Å². The molecule has 0 spiro atoms. The second kappa shape index (κ2) is 5.69. The van der Waals surface area contributed by atoms with Gasteiger partial charge in [0.05, 0.1) is 6.04 Å². The van der Waals surface area contributed by atoms with Crippen LogP contribution in [0.1, 0.15) is 19.8 Å². The van der Waals surface area contributed by atoms with Crippen molar-refractivity contribution >= 4 is 11.9 Å². The Labute approximate surface area is 95.5 Å². The summed E-state index contributed by atoms with van der Waals surface area (Å²) in [6.45, 7) is 3.15. The average molecular weight is 228 g/mol. The van der Waals surface area contributed by atoms with Crippen LogP contribution in [0.5, 0.6) is 0 Å². The Morgan fingerprint density at radius 1 is 1.38 bits per heavy atom. The van der Waals surface area contributed by atoms with Crippen molar-refractivity contribution in [2.24, 2.45) is 5.73 Å². The molecule has 3 amide bonds. The second-order valence-electron chi connectivity index (χ2n) is 4.10. The average Bonchev–Trinajstić information content (AvgIpc) is 2.28. The molecule has 0 saturated carbocycles. The highest BCUT2D eigenvalue weighted by Gasteiger charge is 2.23. The van der Waals surface area contributed by atoms with Crippen LogP contribution in [0.15, 0.2) is 0 Å².